The molecule has 0 fully saturated rings. The van der Waals surface area contributed by atoms with Crippen LogP contribution in [0.4, 0.5) is 5.69 Å². The Morgan fingerprint density at radius 2 is 1.49 bits per heavy atom. The van der Waals surface area contributed by atoms with Crippen LogP contribution in [-0.2, 0) is 9.53 Å². The number of carbonyl (C=O) groups excluding carboxylic acids is 2. The van der Waals surface area contributed by atoms with Gasteiger partial charge in [-0.15, -0.1) is 0 Å². The van der Waals surface area contributed by atoms with Crippen molar-refractivity contribution in [2.45, 2.75) is 34.1 Å². The second-order valence-corrected chi connectivity index (χ2v) is 8.80. The van der Waals surface area contributed by atoms with E-state index in [9.17, 15) is 9.59 Å². The second kappa shape index (κ2) is 12.0. The Kier molecular flexibility index (Phi) is 8.79. The molecule has 0 unspecified atom stereocenters. The van der Waals surface area contributed by atoms with Crippen molar-refractivity contribution in [3.05, 3.63) is 89.5 Å². The maximum Gasteiger partial charge on any atom is 0.343 e. The van der Waals surface area contributed by atoms with Crippen molar-refractivity contribution in [3.8, 4) is 11.5 Å². The number of hydrogen-bond donors (Lipinski definition) is 0. The highest BCUT2D eigenvalue weighted by Gasteiger charge is 2.26. The van der Waals surface area contributed by atoms with Crippen LogP contribution in [0.2, 0.25) is 0 Å². The van der Waals surface area contributed by atoms with Gasteiger partial charge in [-0.25, -0.2) is 4.79 Å². The monoisotopic (exact) mass is 473 g/mol. The lowest BCUT2D eigenvalue weighted by atomic mass is 9.91. The molecule has 0 aliphatic heterocycles. The minimum absolute atomic E-state index is 0.164. The number of aliphatic imine (C=N–C) groups is 1. The summed E-state index contributed by atoms with van der Waals surface area (Å²) in [6, 6.07) is 21.7. The molecule has 3 rings (SSSR count). The summed E-state index contributed by atoms with van der Waals surface area (Å²) in [5, 5.41) is 0. The predicted molar refractivity (Wildman–Crippen MR) is 137 cm³/mol. The molecule has 3 aromatic carbocycles. The summed E-state index contributed by atoms with van der Waals surface area (Å²) < 4.78 is 16.3. The zero-order chi connectivity index (χ0) is 25.3. The summed E-state index contributed by atoms with van der Waals surface area (Å²) in [6.07, 6.45) is 2.47. The van der Waals surface area contributed by atoms with E-state index in [0.717, 1.165) is 11.3 Å². The molecule has 0 N–H and O–H groups in total. The molecule has 0 saturated heterocycles. The second-order valence-electron chi connectivity index (χ2n) is 8.80. The zero-order valence-corrected chi connectivity index (χ0v) is 20.6. The Morgan fingerprint density at radius 3 is 2.11 bits per heavy atom. The van der Waals surface area contributed by atoms with Crippen molar-refractivity contribution in [2.24, 2.45) is 10.4 Å². The van der Waals surface area contributed by atoms with Crippen LogP contribution in [0.1, 0.15) is 48.7 Å². The average molecular weight is 474 g/mol. The van der Waals surface area contributed by atoms with Crippen LogP contribution < -0.4 is 9.47 Å². The van der Waals surface area contributed by atoms with Crippen LogP contribution in [0.15, 0.2) is 77.8 Å². The van der Waals surface area contributed by atoms with Gasteiger partial charge < -0.3 is 14.2 Å². The van der Waals surface area contributed by atoms with E-state index in [1.807, 2.05) is 64.1 Å². The van der Waals surface area contributed by atoms with Crippen LogP contribution in [0.25, 0.3) is 0 Å². The molecule has 0 amide bonds. The molecular formula is C29H31NO5. The third kappa shape index (κ3) is 7.81. The molecule has 35 heavy (non-hydrogen) atoms. The number of aryl methyl sites for hydroxylation is 1. The molecule has 0 radical (unpaired) electrons. The molecule has 0 spiro atoms. The lowest BCUT2D eigenvalue weighted by Gasteiger charge is -2.20. The first-order valence-electron chi connectivity index (χ1n) is 11.6. The molecule has 0 bridgehead atoms. The van der Waals surface area contributed by atoms with E-state index < -0.39 is 11.4 Å². The number of rotatable bonds is 10. The molecule has 0 saturated carbocycles. The summed E-state index contributed by atoms with van der Waals surface area (Å²) in [5.74, 6) is 0.311. The van der Waals surface area contributed by atoms with Crippen LogP contribution in [0.5, 0.6) is 11.5 Å². The van der Waals surface area contributed by atoms with Crippen molar-refractivity contribution >= 4 is 23.8 Å². The van der Waals surface area contributed by atoms with Crippen molar-refractivity contribution in [1.82, 2.24) is 0 Å². The van der Waals surface area contributed by atoms with Crippen molar-refractivity contribution < 1.29 is 23.8 Å². The molecule has 0 heterocycles. The van der Waals surface area contributed by atoms with Gasteiger partial charge in [0.2, 0.25) is 0 Å². The number of esters is 2. The van der Waals surface area contributed by atoms with Gasteiger partial charge in [-0.05, 0) is 93.4 Å². The van der Waals surface area contributed by atoms with Crippen LogP contribution >= 0.6 is 0 Å². The molecule has 0 atom stereocenters. The third-order valence-electron chi connectivity index (χ3n) is 5.60. The Bertz CT molecular complexity index is 1150. The topological polar surface area (TPSA) is 74.2 Å². The minimum atomic E-state index is -0.503. The highest BCUT2D eigenvalue weighted by molar-refractivity contribution is 5.91. The quantitative estimate of drug-likeness (QED) is 0.149. The maximum atomic E-state index is 12.5. The van der Waals surface area contributed by atoms with Gasteiger partial charge in [0.1, 0.15) is 24.7 Å². The van der Waals surface area contributed by atoms with Gasteiger partial charge in [0.15, 0.2) is 0 Å². The molecule has 182 valence electrons. The number of nitrogens with zero attached hydrogens (tertiary/aromatic N) is 1. The van der Waals surface area contributed by atoms with Gasteiger partial charge >= 0.3 is 11.9 Å². The number of hydrogen-bond acceptors (Lipinski definition) is 6. The van der Waals surface area contributed by atoms with Gasteiger partial charge in [0.25, 0.3) is 0 Å². The fourth-order valence-electron chi connectivity index (χ4n) is 2.89. The van der Waals surface area contributed by atoms with Gasteiger partial charge in [-0.2, -0.15) is 0 Å². The van der Waals surface area contributed by atoms with Crippen LogP contribution in [0, 0.1) is 12.3 Å². The Labute approximate surface area is 206 Å². The first-order valence-corrected chi connectivity index (χ1v) is 11.6. The molecule has 0 aromatic heterocycles. The third-order valence-corrected chi connectivity index (χ3v) is 5.60. The largest absolute Gasteiger partial charge is 0.490 e. The van der Waals surface area contributed by atoms with E-state index in [2.05, 4.69) is 4.99 Å². The van der Waals surface area contributed by atoms with Gasteiger partial charge in [-0.1, -0.05) is 24.6 Å². The smallest absolute Gasteiger partial charge is 0.343 e. The van der Waals surface area contributed by atoms with E-state index in [4.69, 9.17) is 14.2 Å². The van der Waals surface area contributed by atoms with Crippen molar-refractivity contribution in [3.63, 3.8) is 0 Å². The lowest BCUT2D eigenvalue weighted by molar-refractivity contribution is -0.154. The number of carbonyl (C=O) groups is 2. The Hall–Kier alpha value is -3.93. The molecule has 6 heteroatoms. The van der Waals surface area contributed by atoms with E-state index in [0.29, 0.717) is 23.5 Å². The molecular weight excluding hydrogens is 442 g/mol. The minimum Gasteiger partial charge on any atom is -0.490 e. The first kappa shape index (κ1) is 25.7. The number of benzene rings is 3. The molecule has 6 nitrogen and oxygen atoms in total. The summed E-state index contributed by atoms with van der Waals surface area (Å²) in [4.78, 5) is 28.9. The van der Waals surface area contributed by atoms with Gasteiger partial charge in [0.05, 0.1) is 16.7 Å². The van der Waals surface area contributed by atoms with E-state index >= 15 is 0 Å². The van der Waals surface area contributed by atoms with Gasteiger partial charge in [0, 0.05) is 6.21 Å². The fraction of sp³-hybridized carbons (Fsp3) is 0.276. The fourth-order valence-corrected chi connectivity index (χ4v) is 2.89. The van der Waals surface area contributed by atoms with Crippen molar-refractivity contribution in [1.29, 1.82) is 0 Å². The predicted octanol–water partition coefficient (Wildman–Crippen LogP) is 6.32. The van der Waals surface area contributed by atoms with Gasteiger partial charge in [-0.3, -0.25) is 9.79 Å². The lowest BCUT2D eigenvalue weighted by Crippen LogP contribution is -2.27. The zero-order valence-electron chi connectivity index (χ0n) is 20.6. The van der Waals surface area contributed by atoms with E-state index in [1.54, 1.807) is 42.6 Å². The number of ether oxygens (including phenoxy) is 3. The SMILES string of the molecule is CCC(C)(C)C(=O)OCCOc1ccc(C(=O)Oc2ccc(C=Nc3ccc(C)cc3)cc2)cc1. The summed E-state index contributed by atoms with van der Waals surface area (Å²) in [7, 11) is 0. The average Bonchev–Trinajstić information content (AvgIpc) is 2.87. The molecule has 0 aliphatic rings. The first-order chi connectivity index (χ1) is 16.8. The van der Waals surface area contributed by atoms with Crippen LogP contribution in [0.3, 0.4) is 0 Å². The summed E-state index contributed by atoms with van der Waals surface area (Å²) in [5.41, 5.74) is 2.86. The highest BCUT2D eigenvalue weighted by atomic mass is 16.6. The molecule has 3 aromatic rings. The Balaban J connectivity index is 1.46. The van der Waals surface area contributed by atoms with Crippen LogP contribution in [-0.4, -0.2) is 31.4 Å². The van der Waals surface area contributed by atoms with Crippen molar-refractivity contribution in [2.75, 3.05) is 13.2 Å². The summed E-state index contributed by atoms with van der Waals surface area (Å²) in [6.45, 7) is 8.08. The standard InChI is InChI=1S/C29H31NO5/c1-5-29(3,4)28(32)34-19-18-33-25-16-10-23(11-17-25)27(31)35-26-14-8-22(9-15-26)20-30-24-12-6-21(2)7-13-24/h6-17,20H,5,18-19H2,1-4H3. The highest BCUT2D eigenvalue weighted by Crippen LogP contribution is 2.21. The van der Waals surface area contributed by atoms with E-state index in [1.165, 1.54) is 5.56 Å². The Morgan fingerprint density at radius 1 is 0.857 bits per heavy atom. The summed E-state index contributed by atoms with van der Waals surface area (Å²) >= 11 is 0. The molecule has 0 aliphatic carbocycles. The maximum absolute atomic E-state index is 12.5. The normalized spacial score (nSPS) is 11.3. The van der Waals surface area contributed by atoms with E-state index in [-0.39, 0.29) is 19.2 Å².